The monoisotopic (exact) mass is 356 g/mol. The van der Waals surface area contributed by atoms with E-state index in [4.69, 9.17) is 23.2 Å². The highest BCUT2D eigenvalue weighted by Crippen LogP contribution is 2.54. The Morgan fingerprint density at radius 3 is 2.29 bits per heavy atom. The largest absolute Gasteiger partial charge is 0.509 e. The van der Waals surface area contributed by atoms with E-state index >= 15 is 0 Å². The van der Waals surface area contributed by atoms with Gasteiger partial charge in [0.2, 0.25) is 0 Å². The maximum atomic E-state index is 10.3. The summed E-state index contributed by atoms with van der Waals surface area (Å²) in [7, 11) is -1.97. The average Bonchev–Trinajstić information content (AvgIpc) is 2.11. The van der Waals surface area contributed by atoms with Crippen LogP contribution >= 0.6 is 39.1 Å². The zero-order valence-corrected chi connectivity index (χ0v) is 15.0. The molecule has 5 heteroatoms. The molecule has 98 valence electrons. The summed E-state index contributed by atoms with van der Waals surface area (Å²) >= 11 is 16.3. The van der Waals surface area contributed by atoms with Crippen molar-refractivity contribution >= 4 is 47.2 Å². The molecule has 0 amide bonds. The van der Waals surface area contributed by atoms with Gasteiger partial charge >= 0.3 is 0 Å². The van der Waals surface area contributed by atoms with E-state index in [2.05, 4.69) is 49.8 Å². The molecule has 0 aliphatic heterocycles. The first kappa shape index (κ1) is 15.6. The van der Waals surface area contributed by atoms with Gasteiger partial charge in [-0.2, -0.15) is 0 Å². The molecule has 17 heavy (non-hydrogen) atoms. The molecule has 0 heterocycles. The highest BCUT2D eigenvalue weighted by Gasteiger charge is 2.56. The van der Waals surface area contributed by atoms with E-state index < -0.39 is 12.6 Å². The van der Waals surface area contributed by atoms with E-state index in [0.717, 1.165) is 4.48 Å². The first-order valence-electron chi connectivity index (χ1n) is 5.58. The van der Waals surface area contributed by atoms with Crippen molar-refractivity contribution in [2.45, 2.75) is 49.8 Å². The summed E-state index contributed by atoms with van der Waals surface area (Å²) in [5.41, 5.74) is 0. The second kappa shape index (κ2) is 4.59. The molecule has 0 aromatic heterocycles. The third-order valence-corrected chi connectivity index (χ3v) is 12.8. The van der Waals surface area contributed by atoms with Crippen molar-refractivity contribution < 1.29 is 5.11 Å². The average molecular weight is 358 g/mol. The number of halogens is 3. The summed E-state index contributed by atoms with van der Waals surface area (Å²) in [6, 6.07) is 0. The topological polar surface area (TPSA) is 20.2 Å². The van der Waals surface area contributed by atoms with E-state index in [-0.39, 0.29) is 10.8 Å². The maximum Gasteiger partial charge on any atom is 0.129 e. The Morgan fingerprint density at radius 2 is 1.88 bits per heavy atom. The summed E-state index contributed by atoms with van der Waals surface area (Å²) in [4.78, 5) is 0. The Hall–Kier alpha value is 0.557. The van der Waals surface area contributed by atoms with Crippen LogP contribution in [0.2, 0.25) is 18.1 Å². The normalized spacial score (nSPS) is 27.2. The molecule has 1 N–H and O–H groups in total. The lowest BCUT2D eigenvalue weighted by Gasteiger charge is -2.49. The highest BCUT2D eigenvalue weighted by molar-refractivity contribution is 9.11. The number of rotatable bonds is 1. The molecule has 0 aromatic carbocycles. The molecule has 0 saturated heterocycles. The second-order valence-electron chi connectivity index (χ2n) is 6.14. The molecule has 0 aromatic rings. The summed E-state index contributed by atoms with van der Waals surface area (Å²) in [6.45, 7) is 10.9. The molecule has 1 aliphatic rings. The predicted molar refractivity (Wildman–Crippen MR) is 82.9 cm³/mol. The Labute approximate surface area is 123 Å². The summed E-state index contributed by atoms with van der Waals surface area (Å²) in [5.74, 6) is 0.135. The third-order valence-electron chi connectivity index (χ3n) is 4.16. The van der Waals surface area contributed by atoms with E-state index in [9.17, 15) is 5.11 Å². The number of alkyl halides is 1. The second-order valence-corrected chi connectivity index (χ2v) is 14.1. The zero-order chi connectivity index (χ0) is 13.6. The molecule has 1 unspecified atom stereocenters. The lowest BCUT2D eigenvalue weighted by molar-refractivity contribution is 0.367. The summed E-state index contributed by atoms with van der Waals surface area (Å²) < 4.78 is 0.204. The maximum absolute atomic E-state index is 10.3. The third kappa shape index (κ3) is 2.49. The SMILES string of the molecule is CC(C)(C)[Si](C)(C)C1(Cl)CC(Br)=CC(Cl)=C1O. The summed E-state index contributed by atoms with van der Waals surface area (Å²) in [6.07, 6.45) is 2.33. The Balaban J connectivity index is 3.35. The minimum Gasteiger partial charge on any atom is -0.509 e. The van der Waals surface area contributed by atoms with Crippen LogP contribution in [0.3, 0.4) is 0 Å². The number of hydrogen-bond acceptors (Lipinski definition) is 1. The van der Waals surface area contributed by atoms with Crippen molar-refractivity contribution in [2.75, 3.05) is 0 Å². The van der Waals surface area contributed by atoms with Crippen LogP contribution in [0.1, 0.15) is 27.2 Å². The van der Waals surface area contributed by atoms with E-state index in [1.165, 1.54) is 0 Å². The lowest BCUT2D eigenvalue weighted by atomic mass is 10.1. The van der Waals surface area contributed by atoms with Gasteiger partial charge in [0.1, 0.15) is 5.76 Å². The number of aliphatic hydroxyl groups excluding tert-OH is 1. The molecular formula is C12H19BrCl2OSi. The van der Waals surface area contributed by atoms with Crippen LogP contribution in [0.4, 0.5) is 0 Å². The molecular weight excluding hydrogens is 339 g/mol. The van der Waals surface area contributed by atoms with Gasteiger partial charge in [0.05, 0.1) is 17.6 Å². The van der Waals surface area contributed by atoms with Crippen LogP contribution in [-0.4, -0.2) is 17.7 Å². The number of aliphatic hydroxyl groups is 1. The van der Waals surface area contributed by atoms with Crippen LogP contribution in [-0.2, 0) is 0 Å². The molecule has 0 bridgehead atoms. The highest BCUT2D eigenvalue weighted by atomic mass is 79.9. The minimum atomic E-state index is -1.97. The standard InChI is InChI=1S/C12H19BrCl2OSi/c1-11(2,3)17(4,5)12(15)7-8(13)6-9(14)10(12)16/h6,16H,7H2,1-5H3. The van der Waals surface area contributed by atoms with Gasteiger partial charge in [0.15, 0.2) is 0 Å². The van der Waals surface area contributed by atoms with Gasteiger partial charge in [-0.15, -0.1) is 11.6 Å². The number of hydrogen-bond donors (Lipinski definition) is 1. The van der Waals surface area contributed by atoms with Gasteiger partial charge in [-0.05, 0) is 15.6 Å². The van der Waals surface area contributed by atoms with Gasteiger partial charge in [-0.3, -0.25) is 0 Å². The van der Waals surface area contributed by atoms with E-state index in [0.29, 0.717) is 11.5 Å². The quantitative estimate of drug-likeness (QED) is 0.471. The smallest absolute Gasteiger partial charge is 0.129 e. The van der Waals surface area contributed by atoms with Crippen molar-refractivity contribution in [2.24, 2.45) is 0 Å². The van der Waals surface area contributed by atoms with Gasteiger partial charge in [0, 0.05) is 6.42 Å². The van der Waals surface area contributed by atoms with Crippen LogP contribution in [0.5, 0.6) is 0 Å². The predicted octanol–water partition coefficient (Wildman–Crippen LogP) is 5.70. The van der Waals surface area contributed by atoms with E-state index in [1.54, 1.807) is 6.08 Å². The fourth-order valence-electron chi connectivity index (χ4n) is 1.87. The molecule has 1 aliphatic carbocycles. The Morgan fingerprint density at radius 1 is 1.41 bits per heavy atom. The molecule has 0 fully saturated rings. The first-order chi connectivity index (χ1) is 7.43. The van der Waals surface area contributed by atoms with Gasteiger partial charge in [0.25, 0.3) is 0 Å². The van der Waals surface area contributed by atoms with Crippen LogP contribution < -0.4 is 0 Å². The van der Waals surface area contributed by atoms with Crippen LogP contribution in [0.25, 0.3) is 0 Å². The molecule has 0 saturated carbocycles. The zero-order valence-electron chi connectivity index (χ0n) is 10.9. The molecule has 1 nitrogen and oxygen atoms in total. The molecule has 1 atom stereocenters. The van der Waals surface area contributed by atoms with Crippen molar-refractivity contribution in [3.63, 3.8) is 0 Å². The number of allylic oxidation sites excluding steroid dienone is 4. The summed E-state index contributed by atoms with van der Waals surface area (Å²) in [5, 5.41) is 10.7. The van der Waals surface area contributed by atoms with E-state index in [1.807, 2.05) is 0 Å². The van der Waals surface area contributed by atoms with Gasteiger partial charge in [-0.25, -0.2) is 0 Å². The fraction of sp³-hybridized carbons (Fsp3) is 0.667. The van der Waals surface area contributed by atoms with Crippen LogP contribution in [0.15, 0.2) is 21.3 Å². The van der Waals surface area contributed by atoms with Crippen molar-refractivity contribution in [1.29, 1.82) is 0 Å². The van der Waals surface area contributed by atoms with Crippen molar-refractivity contribution in [3.05, 3.63) is 21.3 Å². The lowest BCUT2D eigenvalue weighted by Crippen LogP contribution is -2.58. The van der Waals surface area contributed by atoms with Crippen LogP contribution in [0, 0.1) is 0 Å². The molecule has 0 radical (unpaired) electrons. The van der Waals surface area contributed by atoms with Gasteiger partial charge < -0.3 is 5.11 Å². The Bertz CT molecular complexity index is 396. The molecule has 1 rings (SSSR count). The molecule has 0 spiro atoms. The first-order valence-corrected chi connectivity index (χ1v) is 10.1. The van der Waals surface area contributed by atoms with Gasteiger partial charge in [-0.1, -0.05) is 61.4 Å². The van der Waals surface area contributed by atoms with Crippen molar-refractivity contribution in [3.8, 4) is 0 Å². The minimum absolute atomic E-state index is 0.0739. The fourth-order valence-corrected chi connectivity index (χ4v) is 7.14. The van der Waals surface area contributed by atoms with Crippen molar-refractivity contribution in [1.82, 2.24) is 0 Å². The Kier molecular flexibility index (Phi) is 4.21.